The third kappa shape index (κ3) is 11.6. The summed E-state index contributed by atoms with van der Waals surface area (Å²) in [5, 5.41) is 18.9. The number of carbonyl (C=O) groups excluding carboxylic acids is 1. The van der Waals surface area contributed by atoms with Crippen LogP contribution in [0.4, 0.5) is 17.6 Å². The second-order valence-corrected chi connectivity index (χ2v) is 15.7. The summed E-state index contributed by atoms with van der Waals surface area (Å²) in [7, 11) is 0. The molecular formula is C46H42F4N8O7. The van der Waals surface area contributed by atoms with Crippen LogP contribution < -0.4 is 11.1 Å². The normalized spacial score (nSPS) is 11.3. The molecule has 0 fully saturated rings. The minimum atomic E-state index is -1.33. The number of benzene rings is 4. The van der Waals surface area contributed by atoms with Crippen molar-refractivity contribution in [2.45, 2.75) is 52.4 Å². The Balaban J connectivity index is 0.000000178. The summed E-state index contributed by atoms with van der Waals surface area (Å²) in [4.78, 5) is 40.3. The van der Waals surface area contributed by atoms with Crippen molar-refractivity contribution in [2.24, 2.45) is 5.73 Å². The monoisotopic (exact) mass is 894 g/mol. The van der Waals surface area contributed by atoms with Crippen LogP contribution in [0.3, 0.4) is 0 Å². The first-order valence-corrected chi connectivity index (χ1v) is 19.7. The number of halogens is 4. The number of hydrogen-bond acceptors (Lipinski definition) is 13. The van der Waals surface area contributed by atoms with Gasteiger partial charge in [-0.15, -0.1) is 0 Å². The minimum absolute atomic E-state index is 0.132. The van der Waals surface area contributed by atoms with E-state index in [0.29, 0.717) is 52.5 Å². The molecule has 4 heterocycles. The van der Waals surface area contributed by atoms with Crippen LogP contribution in [-0.4, -0.2) is 60.3 Å². The number of hydrogen-bond donors (Lipinski definition) is 3. The van der Waals surface area contributed by atoms with E-state index in [0.717, 1.165) is 17.3 Å². The van der Waals surface area contributed by atoms with Gasteiger partial charge < -0.3 is 34.0 Å². The zero-order valence-electron chi connectivity index (χ0n) is 35.8. The van der Waals surface area contributed by atoms with Crippen LogP contribution in [0.5, 0.6) is 0 Å². The fourth-order valence-corrected chi connectivity index (χ4v) is 5.71. The Kier molecular flexibility index (Phi) is 14.2. The van der Waals surface area contributed by atoms with Crippen molar-refractivity contribution < 1.29 is 50.1 Å². The lowest BCUT2D eigenvalue weighted by atomic mass is 9.90. The largest absolute Gasteiger partial charge is 0.478 e. The van der Waals surface area contributed by atoms with Crippen molar-refractivity contribution >= 4 is 11.9 Å². The summed E-state index contributed by atoms with van der Waals surface area (Å²) in [6.45, 7) is 11.6. The molecule has 1 amide bonds. The van der Waals surface area contributed by atoms with E-state index in [1.165, 1.54) is 60.9 Å². The maximum absolute atomic E-state index is 14.3. The predicted octanol–water partition coefficient (Wildman–Crippen LogP) is 9.29. The lowest BCUT2D eigenvalue weighted by Crippen LogP contribution is -2.37. The van der Waals surface area contributed by atoms with E-state index in [1.54, 1.807) is 44.4 Å². The fraction of sp³-hybridized carbons (Fsp3) is 0.217. The quantitative estimate of drug-likeness (QED) is 0.103. The van der Waals surface area contributed by atoms with Gasteiger partial charge in [0.25, 0.3) is 5.91 Å². The van der Waals surface area contributed by atoms with Gasteiger partial charge in [0, 0.05) is 60.0 Å². The summed E-state index contributed by atoms with van der Waals surface area (Å²) >= 11 is 0. The maximum atomic E-state index is 14.3. The molecule has 4 N–H and O–H groups in total. The van der Waals surface area contributed by atoms with Crippen LogP contribution in [0.1, 0.15) is 71.6 Å². The third-order valence-corrected chi connectivity index (χ3v) is 9.76. The van der Waals surface area contributed by atoms with E-state index in [9.17, 15) is 27.2 Å². The number of nitrogens with one attached hydrogen (secondary N) is 1. The van der Waals surface area contributed by atoms with Crippen LogP contribution in [0.15, 0.2) is 115 Å². The molecule has 65 heavy (non-hydrogen) atoms. The predicted molar refractivity (Wildman–Crippen MR) is 227 cm³/mol. The number of carbonyl (C=O) groups is 2. The van der Waals surface area contributed by atoms with Crippen molar-refractivity contribution in [1.82, 2.24) is 35.6 Å². The maximum Gasteiger partial charge on any atom is 0.338 e. The second kappa shape index (κ2) is 19.7. The third-order valence-electron chi connectivity index (χ3n) is 9.76. The zero-order chi connectivity index (χ0) is 47.1. The lowest BCUT2D eigenvalue weighted by molar-refractivity contribution is 0.0691. The van der Waals surface area contributed by atoms with Crippen LogP contribution >= 0.6 is 0 Å². The van der Waals surface area contributed by atoms with Gasteiger partial charge in [-0.05, 0) is 84.9 Å². The van der Waals surface area contributed by atoms with E-state index >= 15 is 0 Å². The lowest BCUT2D eigenvalue weighted by Gasteiger charge is -2.22. The Hall–Kier alpha value is -7.80. The van der Waals surface area contributed by atoms with Crippen LogP contribution in [-0.2, 0) is 10.8 Å². The van der Waals surface area contributed by atoms with Gasteiger partial charge in [0.15, 0.2) is 0 Å². The first-order valence-electron chi connectivity index (χ1n) is 19.7. The molecule has 8 rings (SSSR count). The highest BCUT2D eigenvalue weighted by atomic mass is 19.1. The molecule has 0 spiro atoms. The summed E-state index contributed by atoms with van der Waals surface area (Å²) in [6.07, 6.45) is 3.09. The first kappa shape index (κ1) is 46.7. The molecule has 19 heteroatoms. The van der Waals surface area contributed by atoms with Gasteiger partial charge in [-0.1, -0.05) is 38.0 Å². The molecule has 0 bridgehead atoms. The zero-order valence-corrected chi connectivity index (χ0v) is 35.8. The molecule has 0 aliphatic heterocycles. The first-order chi connectivity index (χ1) is 30.8. The summed E-state index contributed by atoms with van der Waals surface area (Å²) in [5.74, 6) is -1.94. The van der Waals surface area contributed by atoms with Gasteiger partial charge in [0.1, 0.15) is 35.8 Å². The number of aromatic nitrogens is 6. The van der Waals surface area contributed by atoms with E-state index in [2.05, 4.69) is 35.6 Å². The van der Waals surface area contributed by atoms with E-state index in [1.807, 2.05) is 27.7 Å². The number of carboxylic acids is 1. The number of nitrogens with zero attached hydrogens (tertiary/aromatic N) is 6. The molecule has 0 saturated carbocycles. The summed E-state index contributed by atoms with van der Waals surface area (Å²) in [5.41, 5.74) is 7.94. The molecule has 15 nitrogen and oxygen atoms in total. The molecule has 8 aromatic rings. The molecule has 0 radical (unpaired) electrons. The van der Waals surface area contributed by atoms with Crippen LogP contribution in [0.25, 0.3) is 45.7 Å². The number of oxazole rings is 2. The van der Waals surface area contributed by atoms with Gasteiger partial charge in [-0.3, -0.25) is 4.79 Å². The minimum Gasteiger partial charge on any atom is -0.478 e. The number of amides is 1. The second-order valence-electron chi connectivity index (χ2n) is 15.7. The topological polar surface area (TPSA) is 222 Å². The fourth-order valence-electron chi connectivity index (χ4n) is 5.71. The molecule has 4 aromatic heterocycles. The van der Waals surface area contributed by atoms with E-state index in [-0.39, 0.29) is 40.8 Å². The van der Waals surface area contributed by atoms with Crippen molar-refractivity contribution in [3.8, 4) is 45.7 Å². The number of rotatable bonds is 11. The van der Waals surface area contributed by atoms with Gasteiger partial charge in [0.05, 0.1) is 22.5 Å². The van der Waals surface area contributed by atoms with Gasteiger partial charge in [-0.25, -0.2) is 32.3 Å². The summed E-state index contributed by atoms with van der Waals surface area (Å²) in [6, 6.07) is 19.5. The SMILES string of the molecule is CC(C)(CN)c1coc(-c2ccc(F)cc2)n1.Cc1nc(-c2ccc(F)c(C(=O)NCC(C)(C)c3coc(-c4ccc(F)cc4)n3)c2)no1.Cc1nc(-c2ccc(F)c(C(=O)O)c2)no1. The molecule has 0 saturated heterocycles. The number of nitrogens with two attached hydrogens (primary N) is 1. The van der Waals surface area contributed by atoms with E-state index < -0.39 is 34.5 Å². The molecule has 336 valence electrons. The van der Waals surface area contributed by atoms with Crippen molar-refractivity contribution in [3.63, 3.8) is 0 Å². The molecule has 4 aromatic carbocycles. The van der Waals surface area contributed by atoms with Crippen molar-refractivity contribution in [2.75, 3.05) is 13.1 Å². The van der Waals surface area contributed by atoms with Crippen LogP contribution in [0, 0.1) is 37.1 Å². The Labute approximate surface area is 368 Å². The molecule has 0 aliphatic rings. The molecule has 0 aliphatic carbocycles. The average Bonchev–Trinajstić information content (AvgIpc) is 4.13. The van der Waals surface area contributed by atoms with Gasteiger partial charge >= 0.3 is 5.97 Å². The molecule has 0 atom stereocenters. The smallest absolute Gasteiger partial charge is 0.338 e. The molecule has 0 unspecified atom stereocenters. The van der Waals surface area contributed by atoms with Gasteiger partial charge in [-0.2, -0.15) is 9.97 Å². The number of aromatic carboxylic acids is 1. The highest BCUT2D eigenvalue weighted by Crippen LogP contribution is 2.28. The van der Waals surface area contributed by atoms with Crippen LogP contribution in [0.2, 0.25) is 0 Å². The number of aryl methyl sites for hydroxylation is 2. The Morgan fingerprint density at radius 1 is 0.615 bits per heavy atom. The highest BCUT2D eigenvalue weighted by molar-refractivity contribution is 5.95. The van der Waals surface area contributed by atoms with E-state index in [4.69, 9.17) is 28.7 Å². The Morgan fingerprint density at radius 2 is 1.03 bits per heavy atom. The molecular weight excluding hydrogens is 853 g/mol. The summed E-state index contributed by atoms with van der Waals surface area (Å²) < 4.78 is 73.9. The highest BCUT2D eigenvalue weighted by Gasteiger charge is 2.27. The van der Waals surface area contributed by atoms with Gasteiger partial charge in [0.2, 0.25) is 35.2 Å². The number of carboxylic acid groups (broad SMARTS) is 1. The average molecular weight is 895 g/mol. The van der Waals surface area contributed by atoms with Crippen molar-refractivity contribution in [1.29, 1.82) is 0 Å². The Bertz CT molecular complexity index is 2910. The van der Waals surface area contributed by atoms with Crippen molar-refractivity contribution in [3.05, 3.63) is 155 Å². The standard InChI is InChI=1S/C23H20F2N4O3.C13H15FN2O.C10H7FN2O3/c1-13-27-20(29-32-13)15-6-9-18(25)17(10-15)21(30)26-12-23(2,3)19-11-31-22(28-19)14-4-7-16(24)8-5-14;1-13(2,8-15)11-7-17-12(16-11)9-3-5-10(14)6-4-9;1-5-12-9(13-16-5)6-2-3-8(11)7(4-6)10(14)15/h4-11H,12H2,1-3H3,(H,26,30);3-7H,8,15H2,1-2H3;2-4H,1H3,(H,14,15). The Morgan fingerprint density at radius 3 is 1.45 bits per heavy atom.